The maximum atomic E-state index is 3.56. The van der Waals surface area contributed by atoms with E-state index in [0.717, 1.165) is 19.1 Å². The Morgan fingerprint density at radius 2 is 2.21 bits per heavy atom. The number of nitrogens with one attached hydrogen (secondary N) is 2. The molecule has 0 aromatic carbocycles. The van der Waals surface area contributed by atoms with Gasteiger partial charge in [-0.25, -0.2) is 0 Å². The topological polar surface area (TPSA) is 24.1 Å². The Hall–Kier alpha value is 0.270. The number of thioether (sulfide) groups is 1. The Morgan fingerprint density at radius 3 is 2.79 bits per heavy atom. The average molecular weight is 216 g/mol. The van der Waals surface area contributed by atoms with Crippen molar-refractivity contribution in [2.45, 2.75) is 33.2 Å². The quantitative estimate of drug-likeness (QED) is 0.700. The fraction of sp³-hybridized carbons (Fsp3) is 1.00. The van der Waals surface area contributed by atoms with Crippen LogP contribution in [0.3, 0.4) is 0 Å². The predicted octanol–water partition coefficient (Wildman–Crippen LogP) is 1.72. The van der Waals surface area contributed by atoms with Gasteiger partial charge in [0.2, 0.25) is 0 Å². The molecule has 1 unspecified atom stereocenters. The van der Waals surface area contributed by atoms with E-state index in [4.69, 9.17) is 0 Å². The maximum Gasteiger partial charge on any atom is 0.0170 e. The van der Waals surface area contributed by atoms with E-state index in [1.807, 2.05) is 0 Å². The van der Waals surface area contributed by atoms with Gasteiger partial charge in [-0.3, -0.25) is 0 Å². The van der Waals surface area contributed by atoms with Gasteiger partial charge in [0.15, 0.2) is 0 Å². The zero-order valence-corrected chi connectivity index (χ0v) is 10.5. The molecule has 1 saturated heterocycles. The molecule has 0 aromatic heterocycles. The van der Waals surface area contributed by atoms with Crippen LogP contribution in [0.4, 0.5) is 0 Å². The van der Waals surface area contributed by atoms with Gasteiger partial charge in [-0.1, -0.05) is 20.8 Å². The number of hydrogen-bond acceptors (Lipinski definition) is 3. The molecule has 0 radical (unpaired) electrons. The highest BCUT2D eigenvalue weighted by molar-refractivity contribution is 7.99. The first-order valence-electron chi connectivity index (χ1n) is 5.60. The van der Waals surface area contributed by atoms with Gasteiger partial charge in [0.05, 0.1) is 0 Å². The van der Waals surface area contributed by atoms with E-state index in [-0.39, 0.29) is 0 Å². The minimum absolute atomic E-state index is 0.411. The molecule has 3 heteroatoms. The van der Waals surface area contributed by atoms with E-state index >= 15 is 0 Å². The lowest BCUT2D eigenvalue weighted by atomic mass is 9.97. The van der Waals surface area contributed by atoms with Crippen LogP contribution in [0, 0.1) is 5.41 Å². The fourth-order valence-corrected chi connectivity index (χ4v) is 2.54. The first-order chi connectivity index (χ1) is 6.58. The number of hydrogen-bond donors (Lipinski definition) is 2. The molecule has 84 valence electrons. The first kappa shape index (κ1) is 12.3. The maximum absolute atomic E-state index is 3.56. The van der Waals surface area contributed by atoms with Crippen LogP contribution in [0.2, 0.25) is 0 Å². The second-order valence-corrected chi connectivity index (χ2v) is 6.40. The summed E-state index contributed by atoms with van der Waals surface area (Å²) in [7, 11) is 0. The molecular formula is C11H24N2S. The summed E-state index contributed by atoms with van der Waals surface area (Å²) in [5.41, 5.74) is 0.411. The lowest BCUT2D eigenvalue weighted by Gasteiger charge is -2.24. The predicted molar refractivity (Wildman–Crippen MR) is 66.1 cm³/mol. The summed E-state index contributed by atoms with van der Waals surface area (Å²) in [5, 5.41) is 7.08. The van der Waals surface area contributed by atoms with Crippen LogP contribution in [0.1, 0.15) is 27.2 Å². The van der Waals surface area contributed by atoms with Crippen molar-refractivity contribution in [1.82, 2.24) is 10.6 Å². The lowest BCUT2D eigenvalue weighted by molar-refractivity contribution is 0.372. The molecule has 0 bridgehead atoms. The molecule has 1 aliphatic rings. The molecule has 0 aromatic rings. The highest BCUT2D eigenvalue weighted by Crippen LogP contribution is 2.11. The van der Waals surface area contributed by atoms with E-state index in [0.29, 0.717) is 5.41 Å². The Labute approximate surface area is 92.6 Å². The van der Waals surface area contributed by atoms with Crippen LogP contribution in [0.25, 0.3) is 0 Å². The minimum atomic E-state index is 0.411. The van der Waals surface area contributed by atoms with Crippen molar-refractivity contribution in [3.05, 3.63) is 0 Å². The normalized spacial score (nSPS) is 23.8. The van der Waals surface area contributed by atoms with Gasteiger partial charge in [-0.2, -0.15) is 11.8 Å². The van der Waals surface area contributed by atoms with Crippen molar-refractivity contribution in [2.75, 3.05) is 31.1 Å². The zero-order valence-electron chi connectivity index (χ0n) is 9.73. The van der Waals surface area contributed by atoms with Crippen molar-refractivity contribution < 1.29 is 0 Å². The highest BCUT2D eigenvalue weighted by atomic mass is 32.2. The van der Waals surface area contributed by atoms with Crippen molar-refractivity contribution >= 4 is 11.8 Å². The molecule has 0 spiro atoms. The summed E-state index contributed by atoms with van der Waals surface area (Å²) in [5.74, 6) is 2.57. The van der Waals surface area contributed by atoms with E-state index in [1.165, 1.54) is 24.5 Å². The van der Waals surface area contributed by atoms with E-state index in [2.05, 4.69) is 43.2 Å². The molecule has 1 heterocycles. The Bertz CT molecular complexity index is 148. The lowest BCUT2D eigenvalue weighted by Crippen LogP contribution is -2.40. The monoisotopic (exact) mass is 216 g/mol. The summed E-state index contributed by atoms with van der Waals surface area (Å²) < 4.78 is 0. The van der Waals surface area contributed by atoms with E-state index in [9.17, 15) is 0 Å². The molecule has 2 N–H and O–H groups in total. The van der Waals surface area contributed by atoms with Crippen LogP contribution in [-0.4, -0.2) is 37.2 Å². The van der Waals surface area contributed by atoms with Crippen LogP contribution in [0.15, 0.2) is 0 Å². The second-order valence-electron chi connectivity index (χ2n) is 5.25. The average Bonchev–Trinajstić information content (AvgIpc) is 2.13. The molecule has 0 aliphatic carbocycles. The summed E-state index contributed by atoms with van der Waals surface area (Å²) in [6.45, 7) is 10.3. The molecule has 14 heavy (non-hydrogen) atoms. The van der Waals surface area contributed by atoms with Crippen molar-refractivity contribution in [2.24, 2.45) is 5.41 Å². The van der Waals surface area contributed by atoms with Gasteiger partial charge in [-0.15, -0.1) is 0 Å². The summed E-state index contributed by atoms with van der Waals surface area (Å²) in [6, 6.07) is 0.737. The molecule has 0 amide bonds. The second kappa shape index (κ2) is 5.99. The Morgan fingerprint density at radius 1 is 1.43 bits per heavy atom. The molecule has 1 fully saturated rings. The minimum Gasteiger partial charge on any atom is -0.316 e. The molecule has 1 rings (SSSR count). The molecular weight excluding hydrogens is 192 g/mol. The summed E-state index contributed by atoms with van der Waals surface area (Å²) in [6.07, 6.45) is 1.27. The Balaban J connectivity index is 1.97. The highest BCUT2D eigenvalue weighted by Gasteiger charge is 2.13. The smallest absolute Gasteiger partial charge is 0.0170 e. The molecule has 1 aliphatic heterocycles. The Kier molecular flexibility index (Phi) is 5.28. The van der Waals surface area contributed by atoms with Gasteiger partial charge in [0, 0.05) is 24.1 Å². The largest absolute Gasteiger partial charge is 0.316 e. The van der Waals surface area contributed by atoms with Crippen LogP contribution in [0.5, 0.6) is 0 Å². The zero-order chi connectivity index (χ0) is 10.4. The van der Waals surface area contributed by atoms with Crippen molar-refractivity contribution in [1.29, 1.82) is 0 Å². The summed E-state index contributed by atoms with van der Waals surface area (Å²) in [4.78, 5) is 0. The number of rotatable bonds is 4. The van der Waals surface area contributed by atoms with Crippen molar-refractivity contribution in [3.8, 4) is 0 Å². The van der Waals surface area contributed by atoms with E-state index in [1.54, 1.807) is 0 Å². The summed E-state index contributed by atoms with van der Waals surface area (Å²) >= 11 is 2.08. The third-order valence-corrected chi connectivity index (χ3v) is 3.45. The van der Waals surface area contributed by atoms with Gasteiger partial charge in [0.25, 0.3) is 0 Å². The van der Waals surface area contributed by atoms with Crippen molar-refractivity contribution in [3.63, 3.8) is 0 Å². The van der Waals surface area contributed by atoms with E-state index < -0.39 is 0 Å². The molecule has 1 atom stereocenters. The fourth-order valence-electron chi connectivity index (χ4n) is 1.54. The van der Waals surface area contributed by atoms with Gasteiger partial charge in [0.1, 0.15) is 0 Å². The van der Waals surface area contributed by atoms with Crippen LogP contribution >= 0.6 is 11.8 Å². The molecule has 0 saturated carbocycles. The molecule has 2 nitrogen and oxygen atoms in total. The van der Waals surface area contributed by atoms with Gasteiger partial charge < -0.3 is 10.6 Å². The first-order valence-corrected chi connectivity index (χ1v) is 6.75. The standard InChI is InChI=1S/C11H24N2S/c1-11(2,3)9-12-5-4-10-8-14-7-6-13-10/h10,12-13H,4-9H2,1-3H3. The van der Waals surface area contributed by atoms with Gasteiger partial charge in [-0.05, 0) is 24.9 Å². The van der Waals surface area contributed by atoms with Gasteiger partial charge >= 0.3 is 0 Å². The third kappa shape index (κ3) is 5.89. The SMILES string of the molecule is CC(C)(C)CNCCC1CSCCN1. The van der Waals surface area contributed by atoms with Crippen LogP contribution < -0.4 is 10.6 Å². The third-order valence-electron chi connectivity index (χ3n) is 2.32. The van der Waals surface area contributed by atoms with Crippen LogP contribution in [-0.2, 0) is 0 Å².